The number of benzene rings is 1. The molecule has 1 heterocycles. The van der Waals surface area contributed by atoms with Gasteiger partial charge in [0.05, 0.1) is 12.5 Å². The Bertz CT molecular complexity index is 961. The van der Waals surface area contributed by atoms with E-state index in [0.29, 0.717) is 16.7 Å². The number of hydrogen-bond acceptors (Lipinski definition) is 6. The van der Waals surface area contributed by atoms with Gasteiger partial charge in [0, 0.05) is 13.0 Å². The van der Waals surface area contributed by atoms with Crippen molar-refractivity contribution in [2.24, 2.45) is 0 Å². The third-order valence-electron chi connectivity index (χ3n) is 4.02. The maximum atomic E-state index is 12.3. The van der Waals surface area contributed by atoms with Gasteiger partial charge in [-0.05, 0) is 51.8 Å². The second-order valence-corrected chi connectivity index (χ2v) is 6.69. The van der Waals surface area contributed by atoms with Gasteiger partial charge in [-0.15, -0.1) is 0 Å². The topological polar surface area (TPSA) is 75.0 Å². The largest absolute Gasteiger partial charge is 0.497 e. The van der Waals surface area contributed by atoms with Gasteiger partial charge in [0.15, 0.2) is 5.75 Å². The molecule has 2 aromatic rings. The van der Waals surface area contributed by atoms with Crippen molar-refractivity contribution in [1.82, 2.24) is 0 Å². The SMILES string of the molecule is COc1ccc2c(OCC=C(C)CCC=C(C)C)c(OC(C)=O)c(=O)oc2c1. The van der Waals surface area contributed by atoms with Crippen LogP contribution in [-0.4, -0.2) is 19.7 Å². The van der Waals surface area contributed by atoms with Crippen molar-refractivity contribution in [3.05, 3.63) is 51.9 Å². The van der Waals surface area contributed by atoms with Crippen LogP contribution in [-0.2, 0) is 4.79 Å². The summed E-state index contributed by atoms with van der Waals surface area (Å²) in [5.41, 5.74) is 1.96. The zero-order valence-electron chi connectivity index (χ0n) is 17.0. The molecule has 0 saturated heterocycles. The van der Waals surface area contributed by atoms with Gasteiger partial charge in [0.25, 0.3) is 5.75 Å². The summed E-state index contributed by atoms with van der Waals surface area (Å²) in [5.74, 6) is -0.159. The van der Waals surface area contributed by atoms with Crippen molar-refractivity contribution in [3.8, 4) is 17.2 Å². The van der Waals surface area contributed by atoms with Crippen LogP contribution in [0.4, 0.5) is 0 Å². The highest BCUT2D eigenvalue weighted by atomic mass is 16.6. The van der Waals surface area contributed by atoms with Crippen molar-refractivity contribution in [3.63, 3.8) is 0 Å². The number of esters is 1. The summed E-state index contributed by atoms with van der Waals surface area (Å²) in [6.07, 6.45) is 6.00. The minimum Gasteiger partial charge on any atom is -0.497 e. The van der Waals surface area contributed by atoms with Crippen LogP contribution in [0.1, 0.15) is 40.5 Å². The molecule has 0 saturated carbocycles. The van der Waals surface area contributed by atoms with Gasteiger partial charge in [-0.25, -0.2) is 4.79 Å². The van der Waals surface area contributed by atoms with Crippen LogP contribution in [0.15, 0.2) is 50.7 Å². The second-order valence-electron chi connectivity index (χ2n) is 6.69. The fourth-order valence-electron chi connectivity index (χ4n) is 2.60. The van der Waals surface area contributed by atoms with Gasteiger partial charge in [-0.3, -0.25) is 4.79 Å². The van der Waals surface area contributed by atoms with Crippen LogP contribution in [0.2, 0.25) is 0 Å². The van der Waals surface area contributed by atoms with Crippen LogP contribution in [0, 0.1) is 0 Å². The van der Waals surface area contributed by atoms with E-state index >= 15 is 0 Å². The van der Waals surface area contributed by atoms with Crippen LogP contribution in [0.5, 0.6) is 17.2 Å². The van der Waals surface area contributed by atoms with E-state index in [0.717, 1.165) is 12.8 Å². The smallest absolute Gasteiger partial charge is 0.383 e. The molecule has 0 radical (unpaired) electrons. The van der Waals surface area contributed by atoms with Crippen LogP contribution in [0.3, 0.4) is 0 Å². The van der Waals surface area contributed by atoms with Crippen LogP contribution < -0.4 is 19.8 Å². The summed E-state index contributed by atoms with van der Waals surface area (Å²) < 4.78 is 21.3. The maximum Gasteiger partial charge on any atom is 0.383 e. The lowest BCUT2D eigenvalue weighted by Gasteiger charge is -2.12. The van der Waals surface area contributed by atoms with E-state index < -0.39 is 11.6 Å². The van der Waals surface area contributed by atoms with Gasteiger partial charge in [-0.1, -0.05) is 17.2 Å². The molecule has 0 aliphatic rings. The molecule has 0 aliphatic heterocycles. The van der Waals surface area contributed by atoms with Gasteiger partial charge in [0.2, 0.25) is 0 Å². The second kappa shape index (κ2) is 9.78. The number of hydrogen-bond donors (Lipinski definition) is 0. The molecule has 0 atom stereocenters. The molecule has 0 fully saturated rings. The van der Waals surface area contributed by atoms with E-state index in [-0.39, 0.29) is 18.1 Å². The highest BCUT2D eigenvalue weighted by Gasteiger charge is 2.19. The lowest BCUT2D eigenvalue weighted by atomic mass is 10.1. The molecule has 1 aromatic carbocycles. The number of carbonyl (C=O) groups excluding carboxylic acids is 1. The minimum atomic E-state index is -0.782. The summed E-state index contributed by atoms with van der Waals surface area (Å²) in [4.78, 5) is 23.7. The van der Waals surface area contributed by atoms with Crippen LogP contribution in [0.25, 0.3) is 11.0 Å². The first-order chi connectivity index (χ1) is 13.3. The van der Waals surface area contributed by atoms with Crippen LogP contribution >= 0.6 is 0 Å². The lowest BCUT2D eigenvalue weighted by molar-refractivity contribution is -0.132. The third-order valence-corrected chi connectivity index (χ3v) is 4.02. The van der Waals surface area contributed by atoms with Crippen molar-refractivity contribution in [1.29, 1.82) is 0 Å². The van der Waals surface area contributed by atoms with Gasteiger partial charge >= 0.3 is 11.6 Å². The minimum absolute atomic E-state index is 0.178. The number of rotatable bonds is 8. The standard InChI is InChI=1S/C22H26O6/c1-14(2)7-6-8-15(3)11-12-26-20-18-10-9-17(25-5)13-19(18)28-22(24)21(20)27-16(4)23/h7,9-11,13H,6,8,12H2,1-5H3. The molecule has 0 spiro atoms. The summed E-state index contributed by atoms with van der Waals surface area (Å²) >= 11 is 0. The molecule has 28 heavy (non-hydrogen) atoms. The molecule has 0 aliphatic carbocycles. The van der Waals surface area contributed by atoms with E-state index in [1.165, 1.54) is 25.2 Å². The average molecular weight is 386 g/mol. The number of fused-ring (bicyclic) bond motifs is 1. The molecule has 6 heteroatoms. The van der Waals surface area contributed by atoms with Gasteiger partial charge in [0.1, 0.15) is 17.9 Å². The Labute approximate surface area is 164 Å². The third kappa shape index (κ3) is 5.74. The first-order valence-electron chi connectivity index (χ1n) is 9.07. The quantitative estimate of drug-likeness (QED) is 0.369. The number of carbonyl (C=O) groups is 1. The molecule has 0 unspecified atom stereocenters. The molecule has 0 bridgehead atoms. The molecular formula is C22H26O6. The molecule has 150 valence electrons. The summed E-state index contributed by atoms with van der Waals surface area (Å²) in [5, 5.41) is 0.521. The Morgan fingerprint density at radius 3 is 2.50 bits per heavy atom. The average Bonchev–Trinajstić information content (AvgIpc) is 2.63. The zero-order chi connectivity index (χ0) is 20.7. The zero-order valence-corrected chi connectivity index (χ0v) is 17.0. The van der Waals surface area contributed by atoms with E-state index in [4.69, 9.17) is 18.6 Å². The highest BCUT2D eigenvalue weighted by molar-refractivity contribution is 5.87. The fourth-order valence-corrected chi connectivity index (χ4v) is 2.60. The normalized spacial score (nSPS) is 11.2. The summed E-state index contributed by atoms with van der Waals surface area (Å²) in [7, 11) is 1.52. The maximum absolute atomic E-state index is 12.3. The fraction of sp³-hybridized carbons (Fsp3) is 0.364. The van der Waals surface area contributed by atoms with Crippen molar-refractivity contribution in [2.75, 3.05) is 13.7 Å². The van der Waals surface area contributed by atoms with E-state index in [1.54, 1.807) is 18.2 Å². The van der Waals surface area contributed by atoms with Crippen molar-refractivity contribution < 1.29 is 23.4 Å². The number of ether oxygens (including phenoxy) is 3. The highest BCUT2D eigenvalue weighted by Crippen LogP contribution is 2.34. The van der Waals surface area contributed by atoms with E-state index in [2.05, 4.69) is 19.9 Å². The summed E-state index contributed by atoms with van der Waals surface area (Å²) in [6.45, 7) is 7.62. The predicted molar refractivity (Wildman–Crippen MR) is 108 cm³/mol. The lowest BCUT2D eigenvalue weighted by Crippen LogP contribution is -2.13. The predicted octanol–water partition coefficient (Wildman–Crippen LogP) is 4.80. The van der Waals surface area contributed by atoms with Crippen molar-refractivity contribution in [2.45, 2.75) is 40.5 Å². The molecular weight excluding hydrogens is 360 g/mol. The Kier molecular flexibility index (Phi) is 7.44. The number of methoxy groups -OCH3 is 1. The molecule has 0 N–H and O–H groups in total. The first kappa shape index (κ1) is 21.3. The van der Waals surface area contributed by atoms with Gasteiger partial charge < -0.3 is 18.6 Å². The molecule has 1 aromatic heterocycles. The molecule has 2 rings (SSSR count). The monoisotopic (exact) mass is 386 g/mol. The number of allylic oxidation sites excluding steroid dienone is 3. The summed E-state index contributed by atoms with van der Waals surface area (Å²) in [6, 6.07) is 5.00. The Morgan fingerprint density at radius 2 is 1.86 bits per heavy atom. The Hall–Kier alpha value is -3.02. The Balaban J connectivity index is 2.33. The molecule has 0 amide bonds. The van der Waals surface area contributed by atoms with E-state index in [1.807, 2.05) is 13.0 Å². The van der Waals surface area contributed by atoms with E-state index in [9.17, 15) is 9.59 Å². The molecule has 6 nitrogen and oxygen atoms in total. The Morgan fingerprint density at radius 1 is 1.11 bits per heavy atom. The first-order valence-corrected chi connectivity index (χ1v) is 9.07. The van der Waals surface area contributed by atoms with Gasteiger partial charge in [-0.2, -0.15) is 0 Å². The van der Waals surface area contributed by atoms with Crippen molar-refractivity contribution >= 4 is 16.9 Å².